The number of pyridine rings is 1. The minimum atomic E-state index is -0.476. The van der Waals surface area contributed by atoms with E-state index in [-0.39, 0.29) is 23.9 Å². The van der Waals surface area contributed by atoms with Crippen molar-refractivity contribution in [3.63, 3.8) is 0 Å². The normalized spacial score (nSPS) is 11.4. The van der Waals surface area contributed by atoms with Gasteiger partial charge in [-0.05, 0) is 11.6 Å². The molecule has 1 amide bonds. The molecular formula is C20H20N6O3. The summed E-state index contributed by atoms with van der Waals surface area (Å²) in [5, 5.41) is 13.0. The summed E-state index contributed by atoms with van der Waals surface area (Å²) in [6.07, 6.45) is 1.49. The first kappa shape index (κ1) is 18.8. The number of carbonyl (C=O) groups excluding carboxylic acids is 1. The molecule has 0 unspecified atom stereocenters. The Bertz CT molecular complexity index is 1260. The summed E-state index contributed by atoms with van der Waals surface area (Å²) < 4.78 is 8.01. The lowest BCUT2D eigenvalue weighted by Crippen LogP contribution is -2.35. The molecule has 4 rings (SSSR count). The molecule has 0 bridgehead atoms. The first-order chi connectivity index (χ1) is 14.0. The quantitative estimate of drug-likeness (QED) is 0.557. The van der Waals surface area contributed by atoms with Gasteiger partial charge in [0.2, 0.25) is 5.91 Å². The lowest BCUT2D eigenvalue weighted by molar-refractivity contribution is -0.119. The molecule has 0 radical (unpaired) electrons. The topological polar surface area (TPSA) is 103 Å². The van der Waals surface area contributed by atoms with Gasteiger partial charge in [0.1, 0.15) is 5.52 Å². The summed E-state index contributed by atoms with van der Waals surface area (Å²) in [4.78, 5) is 24.7. The number of hydrogen-bond donors (Lipinski definition) is 1. The number of fused-ring (bicyclic) bond motifs is 3. The minimum absolute atomic E-state index is 0.107. The van der Waals surface area contributed by atoms with Gasteiger partial charge in [0.15, 0.2) is 11.2 Å². The number of hydrogen-bond acceptors (Lipinski definition) is 6. The number of amides is 1. The van der Waals surface area contributed by atoms with Crippen LogP contribution in [0.25, 0.3) is 27.8 Å². The number of methoxy groups -OCH3 is 1. The maximum atomic E-state index is 12.8. The molecule has 0 aliphatic carbocycles. The molecule has 0 aliphatic rings. The van der Waals surface area contributed by atoms with Crippen molar-refractivity contribution < 1.29 is 9.53 Å². The second-order valence-electron chi connectivity index (χ2n) is 6.91. The van der Waals surface area contributed by atoms with Crippen molar-refractivity contribution >= 4 is 22.6 Å². The standard InChI is InChI=1S/C20H20N6O3/c1-12(2)19(27)24-25-10-9-15-17(20(25)28)21-22-18-16(13-7-5-4-6-8-13)14(11-29-3)23-26(15)18/h4-10,12H,11H2,1-3H3,(H,24,27). The van der Waals surface area contributed by atoms with Crippen molar-refractivity contribution in [2.45, 2.75) is 20.5 Å². The number of ether oxygens (including phenoxy) is 1. The van der Waals surface area contributed by atoms with Crippen molar-refractivity contribution in [1.29, 1.82) is 0 Å². The highest BCUT2D eigenvalue weighted by Gasteiger charge is 2.20. The number of rotatable bonds is 5. The molecule has 1 aromatic carbocycles. The summed E-state index contributed by atoms with van der Waals surface area (Å²) in [5.74, 6) is -0.532. The summed E-state index contributed by atoms with van der Waals surface area (Å²) >= 11 is 0. The molecule has 0 saturated heterocycles. The number of carbonyl (C=O) groups is 1. The van der Waals surface area contributed by atoms with Crippen LogP contribution in [0.5, 0.6) is 0 Å². The lowest BCUT2D eigenvalue weighted by Gasteiger charge is -2.10. The van der Waals surface area contributed by atoms with Crippen LogP contribution in [0.3, 0.4) is 0 Å². The molecule has 4 aromatic rings. The van der Waals surface area contributed by atoms with E-state index >= 15 is 0 Å². The van der Waals surface area contributed by atoms with Crippen molar-refractivity contribution in [2.24, 2.45) is 5.92 Å². The molecule has 0 atom stereocenters. The molecule has 9 heteroatoms. The number of nitrogens with zero attached hydrogens (tertiary/aromatic N) is 5. The van der Waals surface area contributed by atoms with Crippen LogP contribution >= 0.6 is 0 Å². The van der Waals surface area contributed by atoms with Crippen molar-refractivity contribution in [1.82, 2.24) is 24.5 Å². The predicted molar refractivity (Wildman–Crippen MR) is 108 cm³/mol. The van der Waals surface area contributed by atoms with Crippen LogP contribution in [0, 0.1) is 5.92 Å². The van der Waals surface area contributed by atoms with Gasteiger partial charge in [-0.2, -0.15) is 5.10 Å². The van der Waals surface area contributed by atoms with E-state index in [9.17, 15) is 9.59 Å². The van der Waals surface area contributed by atoms with Crippen molar-refractivity contribution in [3.8, 4) is 11.1 Å². The second-order valence-corrected chi connectivity index (χ2v) is 6.91. The van der Waals surface area contributed by atoms with Gasteiger partial charge in [-0.1, -0.05) is 44.2 Å². The third kappa shape index (κ3) is 3.25. The largest absolute Gasteiger partial charge is 0.378 e. The molecule has 3 aromatic heterocycles. The van der Waals surface area contributed by atoms with Crippen LogP contribution in [0.2, 0.25) is 0 Å². The first-order valence-electron chi connectivity index (χ1n) is 9.16. The molecular weight excluding hydrogens is 372 g/mol. The Morgan fingerprint density at radius 3 is 2.62 bits per heavy atom. The summed E-state index contributed by atoms with van der Waals surface area (Å²) in [5.41, 5.74) is 5.64. The third-order valence-electron chi connectivity index (χ3n) is 4.55. The van der Waals surface area contributed by atoms with Crippen molar-refractivity contribution in [2.75, 3.05) is 12.5 Å². The molecule has 148 valence electrons. The van der Waals surface area contributed by atoms with Gasteiger partial charge in [-0.25, -0.2) is 9.19 Å². The minimum Gasteiger partial charge on any atom is -0.378 e. The molecule has 0 saturated carbocycles. The van der Waals surface area contributed by atoms with Crippen LogP contribution in [-0.2, 0) is 16.1 Å². The Morgan fingerprint density at radius 2 is 1.93 bits per heavy atom. The number of nitrogens with one attached hydrogen (secondary N) is 1. The predicted octanol–water partition coefficient (Wildman–Crippen LogP) is 1.98. The highest BCUT2D eigenvalue weighted by Crippen LogP contribution is 2.28. The second kappa shape index (κ2) is 7.44. The Labute approximate surface area is 165 Å². The highest BCUT2D eigenvalue weighted by atomic mass is 16.5. The Balaban J connectivity index is 1.94. The van der Waals surface area contributed by atoms with Gasteiger partial charge in [0.25, 0.3) is 5.56 Å². The molecule has 0 aliphatic heterocycles. The average Bonchev–Trinajstić information content (AvgIpc) is 3.09. The fourth-order valence-electron chi connectivity index (χ4n) is 3.07. The van der Waals surface area contributed by atoms with E-state index < -0.39 is 5.56 Å². The Hall–Kier alpha value is -3.59. The molecule has 3 heterocycles. The zero-order chi connectivity index (χ0) is 20.5. The van der Waals surface area contributed by atoms with E-state index in [2.05, 4.69) is 20.7 Å². The summed E-state index contributed by atoms with van der Waals surface area (Å²) in [6.45, 7) is 3.78. The molecule has 29 heavy (non-hydrogen) atoms. The first-order valence-corrected chi connectivity index (χ1v) is 9.16. The maximum absolute atomic E-state index is 12.8. The number of benzene rings is 1. The maximum Gasteiger partial charge on any atom is 0.299 e. The van der Waals surface area contributed by atoms with Crippen molar-refractivity contribution in [3.05, 3.63) is 58.6 Å². The number of aromatic nitrogens is 5. The van der Waals surface area contributed by atoms with Gasteiger partial charge in [-0.15, -0.1) is 10.2 Å². The van der Waals surface area contributed by atoms with E-state index in [0.29, 0.717) is 16.9 Å². The van der Waals surface area contributed by atoms with E-state index in [4.69, 9.17) is 4.74 Å². The van der Waals surface area contributed by atoms with Gasteiger partial charge in [-0.3, -0.25) is 15.0 Å². The summed E-state index contributed by atoms with van der Waals surface area (Å²) in [7, 11) is 1.60. The van der Waals surface area contributed by atoms with E-state index in [0.717, 1.165) is 15.8 Å². The SMILES string of the molecule is COCc1nn2c(nnc3c(=O)n(NC(=O)C(C)C)ccc32)c1-c1ccccc1. The van der Waals surface area contributed by atoms with Gasteiger partial charge in [0, 0.05) is 19.2 Å². The Kier molecular flexibility index (Phi) is 4.81. The fourth-order valence-corrected chi connectivity index (χ4v) is 3.07. The van der Waals surface area contributed by atoms with Crippen LogP contribution in [0.4, 0.5) is 0 Å². The van der Waals surface area contributed by atoms with Crippen LogP contribution in [-0.4, -0.2) is 37.5 Å². The summed E-state index contributed by atoms with van der Waals surface area (Å²) in [6, 6.07) is 11.4. The van der Waals surface area contributed by atoms with Gasteiger partial charge in [0.05, 0.1) is 17.9 Å². The van der Waals surface area contributed by atoms with E-state index in [1.165, 1.54) is 6.20 Å². The lowest BCUT2D eigenvalue weighted by atomic mass is 10.1. The zero-order valence-corrected chi connectivity index (χ0v) is 16.3. The molecule has 9 nitrogen and oxygen atoms in total. The van der Waals surface area contributed by atoms with Crippen LogP contribution < -0.4 is 11.0 Å². The average molecular weight is 392 g/mol. The van der Waals surface area contributed by atoms with E-state index in [1.54, 1.807) is 31.5 Å². The monoisotopic (exact) mass is 392 g/mol. The van der Waals surface area contributed by atoms with E-state index in [1.807, 2.05) is 30.3 Å². The fraction of sp³-hybridized carbons (Fsp3) is 0.250. The zero-order valence-electron chi connectivity index (χ0n) is 16.3. The molecule has 0 spiro atoms. The van der Waals surface area contributed by atoms with Gasteiger partial charge < -0.3 is 4.74 Å². The third-order valence-corrected chi connectivity index (χ3v) is 4.55. The smallest absolute Gasteiger partial charge is 0.299 e. The van der Waals surface area contributed by atoms with Gasteiger partial charge >= 0.3 is 0 Å². The van der Waals surface area contributed by atoms with Crippen LogP contribution in [0.1, 0.15) is 19.5 Å². The highest BCUT2D eigenvalue weighted by molar-refractivity contribution is 5.87. The molecule has 0 fully saturated rings. The molecule has 1 N–H and O–H groups in total. The Morgan fingerprint density at radius 1 is 1.17 bits per heavy atom. The van der Waals surface area contributed by atoms with Crippen LogP contribution in [0.15, 0.2) is 47.4 Å².